The first kappa shape index (κ1) is 10.5. The summed E-state index contributed by atoms with van der Waals surface area (Å²) in [4.78, 5) is 13.7. The van der Waals surface area contributed by atoms with Crippen molar-refractivity contribution in [3.63, 3.8) is 0 Å². The standard InChI is InChI=1S/C6H5F3N2O3/c7-6(8,9)4(12)14-5(10)3-11-1-2-13-5/h1-3H,10H2. The van der Waals surface area contributed by atoms with Crippen LogP contribution in [0, 0.1) is 0 Å². The van der Waals surface area contributed by atoms with Crippen molar-refractivity contribution < 1.29 is 27.4 Å². The molecule has 0 aromatic heterocycles. The van der Waals surface area contributed by atoms with E-state index in [0.29, 0.717) is 0 Å². The third-order valence-corrected chi connectivity index (χ3v) is 1.14. The Bertz CT molecular complexity index is 299. The molecule has 1 rings (SSSR count). The van der Waals surface area contributed by atoms with Crippen LogP contribution in [0.25, 0.3) is 0 Å². The fourth-order valence-corrected chi connectivity index (χ4v) is 0.602. The van der Waals surface area contributed by atoms with Gasteiger partial charge in [0.1, 0.15) is 12.5 Å². The number of nitrogens with two attached hydrogens (primary N) is 1. The van der Waals surface area contributed by atoms with Gasteiger partial charge in [0.25, 0.3) is 0 Å². The summed E-state index contributed by atoms with van der Waals surface area (Å²) in [5, 5.41) is 0. The van der Waals surface area contributed by atoms with Crippen LogP contribution in [0.15, 0.2) is 17.5 Å². The highest BCUT2D eigenvalue weighted by atomic mass is 19.4. The monoisotopic (exact) mass is 210 g/mol. The molecule has 0 radical (unpaired) electrons. The summed E-state index contributed by atoms with van der Waals surface area (Å²) >= 11 is 0. The molecule has 0 bridgehead atoms. The Morgan fingerprint density at radius 2 is 2.21 bits per heavy atom. The number of nitrogens with zero attached hydrogens (tertiary/aromatic N) is 1. The number of ether oxygens (including phenoxy) is 2. The summed E-state index contributed by atoms with van der Waals surface area (Å²) in [6.07, 6.45) is -2.35. The van der Waals surface area contributed by atoms with Gasteiger partial charge in [0.15, 0.2) is 0 Å². The highest BCUT2D eigenvalue weighted by Gasteiger charge is 2.46. The fraction of sp³-hybridized carbons (Fsp3) is 0.333. The molecular formula is C6H5F3N2O3. The zero-order valence-electron chi connectivity index (χ0n) is 6.62. The van der Waals surface area contributed by atoms with Crippen LogP contribution in [0.4, 0.5) is 13.2 Å². The first-order valence-corrected chi connectivity index (χ1v) is 3.30. The SMILES string of the molecule is NC1(OC(=O)C(F)(F)F)C=NC=CO1. The van der Waals surface area contributed by atoms with Crippen LogP contribution >= 0.6 is 0 Å². The smallest absolute Gasteiger partial charge is 0.442 e. The Kier molecular flexibility index (Phi) is 2.47. The van der Waals surface area contributed by atoms with Gasteiger partial charge in [-0.25, -0.2) is 4.79 Å². The van der Waals surface area contributed by atoms with Gasteiger partial charge in [-0.15, -0.1) is 0 Å². The summed E-state index contributed by atoms with van der Waals surface area (Å²) in [5.74, 6) is -4.73. The maximum Gasteiger partial charge on any atom is 0.491 e. The summed E-state index contributed by atoms with van der Waals surface area (Å²) in [5.41, 5.74) is 5.09. The van der Waals surface area contributed by atoms with E-state index < -0.39 is 18.1 Å². The minimum Gasteiger partial charge on any atom is -0.442 e. The first-order valence-electron chi connectivity index (χ1n) is 3.30. The largest absolute Gasteiger partial charge is 0.491 e. The van der Waals surface area contributed by atoms with Crippen LogP contribution < -0.4 is 5.73 Å². The molecule has 0 aliphatic carbocycles. The summed E-state index contributed by atoms with van der Waals surface area (Å²) in [6, 6.07) is 0. The lowest BCUT2D eigenvalue weighted by molar-refractivity contribution is -0.230. The van der Waals surface area contributed by atoms with E-state index >= 15 is 0 Å². The van der Waals surface area contributed by atoms with E-state index in [1.165, 1.54) is 0 Å². The van der Waals surface area contributed by atoms with Crippen LogP contribution in [0.2, 0.25) is 0 Å². The molecule has 1 aliphatic heterocycles. The number of alkyl halides is 3. The molecule has 0 amide bonds. The molecule has 1 unspecified atom stereocenters. The molecule has 14 heavy (non-hydrogen) atoms. The summed E-state index contributed by atoms with van der Waals surface area (Å²) in [7, 11) is 0. The second kappa shape index (κ2) is 3.29. The third kappa shape index (κ3) is 2.46. The van der Waals surface area contributed by atoms with E-state index in [9.17, 15) is 18.0 Å². The average Bonchev–Trinajstić information content (AvgIpc) is 2.02. The van der Waals surface area contributed by atoms with Gasteiger partial charge in [0.2, 0.25) is 0 Å². The number of aliphatic imine (C=N–C) groups is 1. The van der Waals surface area contributed by atoms with Crippen LogP contribution in [-0.2, 0) is 14.3 Å². The summed E-state index contributed by atoms with van der Waals surface area (Å²) < 4.78 is 43.4. The van der Waals surface area contributed by atoms with Gasteiger partial charge >= 0.3 is 18.1 Å². The maximum absolute atomic E-state index is 11.7. The van der Waals surface area contributed by atoms with E-state index in [4.69, 9.17) is 5.73 Å². The van der Waals surface area contributed by atoms with Gasteiger partial charge < -0.3 is 9.47 Å². The molecule has 2 N–H and O–H groups in total. The van der Waals surface area contributed by atoms with E-state index in [1.807, 2.05) is 0 Å². The predicted molar refractivity (Wildman–Crippen MR) is 37.8 cm³/mol. The van der Waals surface area contributed by atoms with Crippen LogP contribution in [0.3, 0.4) is 0 Å². The molecule has 0 aromatic rings. The van der Waals surface area contributed by atoms with Crippen molar-refractivity contribution in [2.45, 2.75) is 12.1 Å². The van der Waals surface area contributed by atoms with Crippen molar-refractivity contribution in [1.82, 2.24) is 0 Å². The number of rotatable bonds is 1. The molecule has 1 aliphatic rings. The number of carbonyl (C=O) groups excluding carboxylic acids is 1. The topological polar surface area (TPSA) is 73.9 Å². The normalized spacial score (nSPS) is 25.7. The van der Waals surface area contributed by atoms with Crippen molar-refractivity contribution in [2.24, 2.45) is 10.7 Å². The number of carbonyl (C=O) groups is 1. The molecule has 0 saturated carbocycles. The molecule has 8 heteroatoms. The van der Waals surface area contributed by atoms with Gasteiger partial charge in [-0.1, -0.05) is 0 Å². The van der Waals surface area contributed by atoms with Crippen molar-refractivity contribution in [2.75, 3.05) is 0 Å². The third-order valence-electron chi connectivity index (χ3n) is 1.14. The zero-order valence-corrected chi connectivity index (χ0v) is 6.62. The van der Waals surface area contributed by atoms with Gasteiger partial charge in [-0.3, -0.25) is 10.7 Å². The summed E-state index contributed by atoms with van der Waals surface area (Å²) in [6.45, 7) is 0. The van der Waals surface area contributed by atoms with Crippen LogP contribution in [-0.4, -0.2) is 24.3 Å². The van der Waals surface area contributed by atoms with Crippen molar-refractivity contribution in [1.29, 1.82) is 0 Å². The van der Waals surface area contributed by atoms with Crippen molar-refractivity contribution in [3.05, 3.63) is 12.5 Å². The second-order valence-electron chi connectivity index (χ2n) is 2.29. The molecule has 1 atom stereocenters. The number of hydrogen-bond donors (Lipinski definition) is 1. The Hall–Kier alpha value is -1.57. The van der Waals surface area contributed by atoms with Gasteiger partial charge in [0, 0.05) is 0 Å². The van der Waals surface area contributed by atoms with Crippen molar-refractivity contribution >= 4 is 12.2 Å². The second-order valence-corrected chi connectivity index (χ2v) is 2.29. The maximum atomic E-state index is 11.7. The van der Waals surface area contributed by atoms with E-state index in [-0.39, 0.29) is 0 Å². The number of esters is 1. The minimum absolute atomic E-state index is 0.733. The van der Waals surface area contributed by atoms with E-state index in [0.717, 1.165) is 18.7 Å². The van der Waals surface area contributed by atoms with Gasteiger partial charge in [-0.2, -0.15) is 13.2 Å². The Morgan fingerprint density at radius 3 is 2.64 bits per heavy atom. The molecule has 0 fully saturated rings. The van der Waals surface area contributed by atoms with Crippen LogP contribution in [0.5, 0.6) is 0 Å². The van der Waals surface area contributed by atoms with Gasteiger partial charge in [0.05, 0.1) is 6.20 Å². The fourth-order valence-electron chi connectivity index (χ4n) is 0.602. The number of hydrogen-bond acceptors (Lipinski definition) is 5. The predicted octanol–water partition coefficient (Wildman–Crippen LogP) is 0.277. The average molecular weight is 210 g/mol. The molecule has 0 spiro atoms. The Balaban J connectivity index is 2.65. The Morgan fingerprint density at radius 1 is 1.57 bits per heavy atom. The molecule has 0 aromatic carbocycles. The molecule has 0 saturated heterocycles. The van der Waals surface area contributed by atoms with Gasteiger partial charge in [-0.05, 0) is 0 Å². The lowest BCUT2D eigenvalue weighted by atomic mass is 10.5. The molecule has 5 nitrogen and oxygen atoms in total. The van der Waals surface area contributed by atoms with E-state index in [1.54, 1.807) is 0 Å². The molecular weight excluding hydrogens is 205 g/mol. The molecule has 78 valence electrons. The quantitative estimate of drug-likeness (QED) is 0.498. The highest BCUT2D eigenvalue weighted by molar-refractivity contribution is 5.79. The molecule has 1 heterocycles. The van der Waals surface area contributed by atoms with E-state index in [2.05, 4.69) is 14.5 Å². The highest BCUT2D eigenvalue weighted by Crippen LogP contribution is 2.20. The zero-order chi connectivity index (χ0) is 10.8. The number of halogens is 3. The Labute approximate surface area is 76.0 Å². The van der Waals surface area contributed by atoms with Crippen molar-refractivity contribution in [3.8, 4) is 0 Å². The minimum atomic E-state index is -5.12. The lowest BCUT2D eigenvalue weighted by Gasteiger charge is -2.25. The lowest BCUT2D eigenvalue weighted by Crippen LogP contribution is -2.50. The first-order chi connectivity index (χ1) is 6.33. The van der Waals surface area contributed by atoms with Crippen LogP contribution in [0.1, 0.15) is 0 Å².